The SMILES string of the molecule is Clc1cccc(-c2n[nH]c3nccc(-c4cc[c]cc4)c23)c1. The summed E-state index contributed by atoms with van der Waals surface area (Å²) in [6.45, 7) is 0. The van der Waals surface area contributed by atoms with Crippen LogP contribution in [0, 0.1) is 6.07 Å². The van der Waals surface area contributed by atoms with Gasteiger partial charge in [-0.3, -0.25) is 5.10 Å². The van der Waals surface area contributed by atoms with E-state index in [4.69, 9.17) is 11.6 Å². The van der Waals surface area contributed by atoms with Crippen LogP contribution >= 0.6 is 11.6 Å². The van der Waals surface area contributed by atoms with E-state index in [1.54, 1.807) is 6.20 Å². The van der Waals surface area contributed by atoms with E-state index in [1.165, 1.54) is 0 Å². The van der Waals surface area contributed by atoms with E-state index in [0.717, 1.165) is 33.4 Å². The Balaban J connectivity index is 2.02. The Labute approximate surface area is 132 Å². The Bertz CT molecular complexity index is 945. The molecule has 2 aromatic heterocycles. The first-order valence-corrected chi connectivity index (χ1v) is 7.26. The van der Waals surface area contributed by atoms with Gasteiger partial charge in [-0.1, -0.05) is 48.0 Å². The highest BCUT2D eigenvalue weighted by atomic mass is 35.5. The third-order valence-electron chi connectivity index (χ3n) is 3.59. The van der Waals surface area contributed by atoms with E-state index in [-0.39, 0.29) is 0 Å². The molecule has 0 aliphatic rings. The number of nitrogens with one attached hydrogen (secondary N) is 1. The van der Waals surface area contributed by atoms with Crippen molar-refractivity contribution < 1.29 is 0 Å². The molecule has 2 heterocycles. The van der Waals surface area contributed by atoms with Crippen LogP contribution in [0.4, 0.5) is 0 Å². The van der Waals surface area contributed by atoms with E-state index in [9.17, 15) is 0 Å². The minimum Gasteiger partial charge on any atom is -0.260 e. The lowest BCUT2D eigenvalue weighted by molar-refractivity contribution is 1.10. The van der Waals surface area contributed by atoms with Crippen molar-refractivity contribution in [3.63, 3.8) is 0 Å². The number of fused-ring (bicyclic) bond motifs is 1. The van der Waals surface area contributed by atoms with Crippen LogP contribution in [-0.4, -0.2) is 15.2 Å². The second-order valence-corrected chi connectivity index (χ2v) is 5.39. The maximum atomic E-state index is 6.11. The number of aromatic nitrogens is 3. The molecule has 22 heavy (non-hydrogen) atoms. The fourth-order valence-corrected chi connectivity index (χ4v) is 2.79. The minimum absolute atomic E-state index is 0.688. The predicted molar refractivity (Wildman–Crippen MR) is 88.6 cm³/mol. The first-order valence-electron chi connectivity index (χ1n) is 6.88. The summed E-state index contributed by atoms with van der Waals surface area (Å²) in [4.78, 5) is 4.38. The summed E-state index contributed by atoms with van der Waals surface area (Å²) in [6.07, 6.45) is 1.79. The van der Waals surface area contributed by atoms with E-state index >= 15 is 0 Å². The number of aromatic amines is 1. The Hall–Kier alpha value is -2.65. The quantitative estimate of drug-likeness (QED) is 0.581. The van der Waals surface area contributed by atoms with E-state index in [0.29, 0.717) is 5.02 Å². The summed E-state index contributed by atoms with van der Waals surface area (Å²) in [7, 11) is 0. The van der Waals surface area contributed by atoms with Gasteiger partial charge in [0.25, 0.3) is 0 Å². The van der Waals surface area contributed by atoms with Crippen molar-refractivity contribution in [2.45, 2.75) is 0 Å². The highest BCUT2D eigenvalue weighted by Crippen LogP contribution is 2.34. The van der Waals surface area contributed by atoms with E-state index in [1.807, 2.05) is 54.6 Å². The van der Waals surface area contributed by atoms with Crippen LogP contribution in [0.1, 0.15) is 0 Å². The summed E-state index contributed by atoms with van der Waals surface area (Å²) in [5.74, 6) is 0. The molecule has 0 saturated carbocycles. The summed E-state index contributed by atoms with van der Waals surface area (Å²) >= 11 is 6.11. The molecule has 0 spiro atoms. The normalized spacial score (nSPS) is 11.0. The maximum absolute atomic E-state index is 6.11. The minimum atomic E-state index is 0.688. The zero-order valence-corrected chi connectivity index (χ0v) is 12.3. The molecule has 105 valence electrons. The van der Waals surface area contributed by atoms with Crippen molar-refractivity contribution in [2.24, 2.45) is 0 Å². The first-order chi connectivity index (χ1) is 10.8. The smallest absolute Gasteiger partial charge is 0.156 e. The predicted octanol–water partition coefficient (Wildman–Crippen LogP) is 4.75. The topological polar surface area (TPSA) is 41.6 Å². The van der Waals surface area contributed by atoms with Gasteiger partial charge in [-0.25, -0.2) is 4.98 Å². The third kappa shape index (κ3) is 2.16. The van der Waals surface area contributed by atoms with Gasteiger partial charge in [0.2, 0.25) is 0 Å². The molecule has 1 N–H and O–H groups in total. The van der Waals surface area contributed by atoms with Gasteiger partial charge < -0.3 is 0 Å². The molecular weight excluding hydrogens is 294 g/mol. The van der Waals surface area contributed by atoms with Gasteiger partial charge in [0.05, 0.1) is 5.39 Å². The molecule has 0 bridgehead atoms. The highest BCUT2D eigenvalue weighted by molar-refractivity contribution is 6.30. The molecule has 4 rings (SSSR count). The van der Waals surface area contributed by atoms with E-state index < -0.39 is 0 Å². The van der Waals surface area contributed by atoms with Gasteiger partial charge >= 0.3 is 0 Å². The second kappa shape index (κ2) is 5.28. The number of hydrogen-bond donors (Lipinski definition) is 1. The molecule has 0 amide bonds. The molecule has 0 aliphatic carbocycles. The van der Waals surface area contributed by atoms with Gasteiger partial charge in [0, 0.05) is 16.8 Å². The van der Waals surface area contributed by atoms with Crippen molar-refractivity contribution in [2.75, 3.05) is 0 Å². The zero-order valence-electron chi connectivity index (χ0n) is 11.5. The number of benzene rings is 2. The van der Waals surface area contributed by atoms with E-state index in [2.05, 4.69) is 21.2 Å². The van der Waals surface area contributed by atoms with Gasteiger partial charge in [0.1, 0.15) is 5.69 Å². The fourth-order valence-electron chi connectivity index (χ4n) is 2.60. The molecule has 0 aliphatic heterocycles. The fraction of sp³-hybridized carbons (Fsp3) is 0. The number of hydrogen-bond acceptors (Lipinski definition) is 2. The van der Waals surface area contributed by atoms with Crippen LogP contribution in [0.2, 0.25) is 5.02 Å². The molecule has 0 fully saturated rings. The van der Waals surface area contributed by atoms with Crippen molar-refractivity contribution >= 4 is 22.6 Å². The molecule has 1 radical (unpaired) electrons. The standard InChI is InChI=1S/C18H11ClN3/c19-14-8-4-7-13(11-14)17-16-15(12-5-2-1-3-6-12)9-10-20-18(16)22-21-17/h2-11H,(H,20,21,22). The van der Waals surface area contributed by atoms with Crippen LogP contribution in [0.15, 0.2) is 60.8 Å². The summed E-state index contributed by atoms with van der Waals surface area (Å²) in [5.41, 5.74) is 4.78. The average Bonchev–Trinajstić information content (AvgIpc) is 3.00. The van der Waals surface area contributed by atoms with Crippen LogP contribution < -0.4 is 0 Å². The van der Waals surface area contributed by atoms with Crippen molar-refractivity contribution in [1.82, 2.24) is 15.2 Å². The number of halogens is 1. The Morgan fingerprint density at radius 3 is 2.68 bits per heavy atom. The molecule has 0 saturated heterocycles. The van der Waals surface area contributed by atoms with Crippen molar-refractivity contribution in [3.8, 4) is 22.4 Å². The van der Waals surface area contributed by atoms with Crippen molar-refractivity contribution in [3.05, 3.63) is 71.9 Å². The lowest BCUT2D eigenvalue weighted by Gasteiger charge is -2.05. The third-order valence-corrected chi connectivity index (χ3v) is 3.82. The average molecular weight is 305 g/mol. The molecular formula is C18H11ClN3. The van der Waals surface area contributed by atoms with Crippen LogP contribution in [0.3, 0.4) is 0 Å². The lowest BCUT2D eigenvalue weighted by atomic mass is 10.00. The number of H-pyrrole nitrogens is 1. The van der Waals surface area contributed by atoms with Gasteiger partial charge in [-0.05, 0) is 35.4 Å². The number of rotatable bonds is 2. The summed E-state index contributed by atoms with van der Waals surface area (Å²) < 4.78 is 0. The zero-order chi connectivity index (χ0) is 14.9. The molecule has 0 unspecified atom stereocenters. The molecule has 0 atom stereocenters. The van der Waals surface area contributed by atoms with Crippen molar-refractivity contribution in [1.29, 1.82) is 0 Å². The first kappa shape index (κ1) is 13.0. The Morgan fingerprint density at radius 1 is 1.00 bits per heavy atom. The molecule has 2 aromatic carbocycles. The van der Waals surface area contributed by atoms with Crippen LogP contribution in [0.25, 0.3) is 33.4 Å². The highest BCUT2D eigenvalue weighted by Gasteiger charge is 2.14. The monoisotopic (exact) mass is 304 g/mol. The molecule has 4 aromatic rings. The second-order valence-electron chi connectivity index (χ2n) is 4.95. The van der Waals surface area contributed by atoms with Crippen LogP contribution in [-0.2, 0) is 0 Å². The van der Waals surface area contributed by atoms with Gasteiger partial charge in [0.15, 0.2) is 5.65 Å². The Kier molecular flexibility index (Phi) is 3.13. The van der Waals surface area contributed by atoms with Gasteiger partial charge in [-0.2, -0.15) is 5.10 Å². The summed E-state index contributed by atoms with van der Waals surface area (Å²) in [5, 5.41) is 9.13. The molecule has 3 nitrogen and oxygen atoms in total. The maximum Gasteiger partial charge on any atom is 0.156 e. The largest absolute Gasteiger partial charge is 0.260 e. The Morgan fingerprint density at radius 2 is 1.86 bits per heavy atom. The number of pyridine rings is 1. The molecule has 4 heteroatoms. The summed E-state index contributed by atoms with van der Waals surface area (Å²) in [6, 6.07) is 20.6. The lowest BCUT2D eigenvalue weighted by Crippen LogP contribution is -1.84. The van der Waals surface area contributed by atoms with Gasteiger partial charge in [-0.15, -0.1) is 0 Å². The van der Waals surface area contributed by atoms with Crippen LogP contribution in [0.5, 0.6) is 0 Å². The number of nitrogens with zero attached hydrogens (tertiary/aromatic N) is 2.